The maximum absolute atomic E-state index is 9.84. The highest BCUT2D eigenvalue weighted by atomic mass is 16.3. The van der Waals surface area contributed by atoms with Crippen LogP contribution in [0, 0.1) is 0 Å². The van der Waals surface area contributed by atoms with E-state index < -0.39 is 0 Å². The molecule has 0 aromatic heterocycles. The highest BCUT2D eigenvalue weighted by molar-refractivity contribution is 5.52. The third-order valence-electron chi connectivity index (χ3n) is 2.55. The Morgan fingerprint density at radius 3 is 2.60 bits per heavy atom. The fourth-order valence-electron chi connectivity index (χ4n) is 1.53. The molecule has 82 valence electrons. The Hall–Kier alpha value is -1.08. The summed E-state index contributed by atoms with van der Waals surface area (Å²) in [6, 6.07) is 10.1. The molecule has 0 aliphatic rings. The van der Waals surface area contributed by atoms with Crippen LogP contribution in [0.15, 0.2) is 35.9 Å². The molecule has 0 fully saturated rings. The van der Waals surface area contributed by atoms with Gasteiger partial charge >= 0.3 is 0 Å². The first-order chi connectivity index (χ1) is 7.24. The number of hydrogen-bond donors (Lipinski definition) is 1. The second kappa shape index (κ2) is 6.41. The maximum atomic E-state index is 9.84. The number of aliphatic hydroxyl groups excluding tert-OH is 1. The summed E-state index contributed by atoms with van der Waals surface area (Å²) in [6.07, 6.45) is 4.85. The second-order valence-electron chi connectivity index (χ2n) is 3.96. The quantitative estimate of drug-likeness (QED) is 0.776. The molecule has 0 amide bonds. The zero-order valence-electron chi connectivity index (χ0n) is 9.61. The van der Waals surface area contributed by atoms with E-state index in [1.807, 2.05) is 25.1 Å². The Morgan fingerprint density at radius 1 is 1.33 bits per heavy atom. The monoisotopic (exact) mass is 204 g/mol. The fourth-order valence-corrected chi connectivity index (χ4v) is 1.53. The van der Waals surface area contributed by atoms with Crippen molar-refractivity contribution in [1.29, 1.82) is 0 Å². The van der Waals surface area contributed by atoms with Crippen LogP contribution in [0.2, 0.25) is 0 Å². The van der Waals surface area contributed by atoms with Gasteiger partial charge in [-0.1, -0.05) is 56.2 Å². The lowest BCUT2D eigenvalue weighted by molar-refractivity contribution is 0.198. The van der Waals surface area contributed by atoms with E-state index in [4.69, 9.17) is 0 Å². The van der Waals surface area contributed by atoms with Crippen molar-refractivity contribution in [2.45, 2.75) is 39.2 Å². The van der Waals surface area contributed by atoms with Crippen molar-refractivity contribution < 1.29 is 5.11 Å². The van der Waals surface area contributed by atoms with Gasteiger partial charge in [-0.05, 0) is 24.5 Å². The van der Waals surface area contributed by atoms with Crippen molar-refractivity contribution in [2.75, 3.05) is 0 Å². The molecule has 0 saturated carbocycles. The van der Waals surface area contributed by atoms with Gasteiger partial charge < -0.3 is 5.11 Å². The Labute approximate surface area is 92.5 Å². The molecule has 1 nitrogen and oxygen atoms in total. The van der Waals surface area contributed by atoms with Gasteiger partial charge in [-0.25, -0.2) is 0 Å². The van der Waals surface area contributed by atoms with Crippen LogP contribution in [0.1, 0.15) is 38.7 Å². The van der Waals surface area contributed by atoms with Gasteiger partial charge in [-0.2, -0.15) is 0 Å². The number of hydrogen-bond acceptors (Lipinski definition) is 1. The van der Waals surface area contributed by atoms with Crippen molar-refractivity contribution >= 4 is 6.08 Å². The SMILES string of the molecule is CCCC[C@H](O)/C(C)=C/c1ccccc1. The lowest BCUT2D eigenvalue weighted by Gasteiger charge is -2.10. The van der Waals surface area contributed by atoms with Crippen LogP contribution in [0.4, 0.5) is 0 Å². The van der Waals surface area contributed by atoms with Gasteiger partial charge in [-0.15, -0.1) is 0 Å². The first-order valence-electron chi connectivity index (χ1n) is 5.65. The standard InChI is InChI=1S/C14H20O/c1-3-4-10-14(15)12(2)11-13-8-6-5-7-9-13/h5-9,11,14-15H,3-4,10H2,1-2H3/b12-11+/t14-/m0/s1. The molecule has 0 heterocycles. The molecule has 0 saturated heterocycles. The molecule has 1 heteroatoms. The summed E-state index contributed by atoms with van der Waals surface area (Å²) in [5, 5.41) is 9.84. The van der Waals surface area contributed by atoms with Crippen molar-refractivity contribution in [3.8, 4) is 0 Å². The summed E-state index contributed by atoms with van der Waals surface area (Å²) in [5.74, 6) is 0. The summed E-state index contributed by atoms with van der Waals surface area (Å²) in [4.78, 5) is 0. The molecule has 0 spiro atoms. The van der Waals surface area contributed by atoms with Crippen LogP contribution < -0.4 is 0 Å². The number of aliphatic hydroxyl groups is 1. The highest BCUT2D eigenvalue weighted by Gasteiger charge is 2.04. The number of benzene rings is 1. The lowest BCUT2D eigenvalue weighted by Crippen LogP contribution is -2.07. The fraction of sp³-hybridized carbons (Fsp3) is 0.429. The summed E-state index contributed by atoms with van der Waals surface area (Å²) in [6.45, 7) is 4.14. The van der Waals surface area contributed by atoms with Gasteiger partial charge in [0.25, 0.3) is 0 Å². The van der Waals surface area contributed by atoms with Crippen LogP contribution in [-0.4, -0.2) is 11.2 Å². The predicted molar refractivity (Wildman–Crippen MR) is 65.6 cm³/mol. The maximum Gasteiger partial charge on any atom is 0.0750 e. The van der Waals surface area contributed by atoms with Gasteiger partial charge in [0.15, 0.2) is 0 Å². The van der Waals surface area contributed by atoms with E-state index >= 15 is 0 Å². The highest BCUT2D eigenvalue weighted by Crippen LogP contribution is 2.13. The molecule has 0 radical (unpaired) electrons. The molecule has 1 rings (SSSR count). The zero-order chi connectivity index (χ0) is 11.1. The molecule has 1 aromatic carbocycles. The van der Waals surface area contributed by atoms with Gasteiger partial charge in [0, 0.05) is 0 Å². The van der Waals surface area contributed by atoms with Crippen LogP contribution in [-0.2, 0) is 0 Å². The topological polar surface area (TPSA) is 20.2 Å². The Kier molecular flexibility index (Phi) is 5.13. The van der Waals surface area contributed by atoms with Crippen LogP contribution in [0.25, 0.3) is 6.08 Å². The average Bonchev–Trinajstić information content (AvgIpc) is 2.27. The second-order valence-corrected chi connectivity index (χ2v) is 3.96. The van der Waals surface area contributed by atoms with E-state index in [-0.39, 0.29) is 6.10 Å². The van der Waals surface area contributed by atoms with E-state index in [2.05, 4.69) is 25.1 Å². The molecule has 0 bridgehead atoms. The van der Waals surface area contributed by atoms with Crippen molar-refractivity contribution in [3.63, 3.8) is 0 Å². The molecule has 1 N–H and O–H groups in total. The Bertz CT molecular complexity index is 300. The zero-order valence-corrected chi connectivity index (χ0v) is 9.61. The molecule has 0 unspecified atom stereocenters. The first kappa shape index (κ1) is 12.0. The minimum absolute atomic E-state index is 0.287. The van der Waals surface area contributed by atoms with Gasteiger partial charge in [-0.3, -0.25) is 0 Å². The van der Waals surface area contributed by atoms with E-state index in [1.165, 1.54) is 0 Å². The van der Waals surface area contributed by atoms with E-state index in [0.717, 1.165) is 30.4 Å². The molecule has 1 aromatic rings. The third-order valence-corrected chi connectivity index (χ3v) is 2.55. The molecule has 0 aliphatic heterocycles. The van der Waals surface area contributed by atoms with Crippen LogP contribution in [0.3, 0.4) is 0 Å². The van der Waals surface area contributed by atoms with Gasteiger partial charge in [0.05, 0.1) is 6.10 Å². The predicted octanol–water partition coefficient (Wildman–Crippen LogP) is 3.64. The van der Waals surface area contributed by atoms with E-state index in [1.54, 1.807) is 0 Å². The third kappa shape index (κ3) is 4.30. The van der Waals surface area contributed by atoms with Gasteiger partial charge in [0.2, 0.25) is 0 Å². The average molecular weight is 204 g/mol. The largest absolute Gasteiger partial charge is 0.389 e. The molecule has 1 atom stereocenters. The van der Waals surface area contributed by atoms with E-state index in [0.29, 0.717) is 0 Å². The van der Waals surface area contributed by atoms with Crippen LogP contribution >= 0.6 is 0 Å². The summed E-state index contributed by atoms with van der Waals surface area (Å²) < 4.78 is 0. The van der Waals surface area contributed by atoms with Crippen molar-refractivity contribution in [1.82, 2.24) is 0 Å². The van der Waals surface area contributed by atoms with Crippen molar-refractivity contribution in [2.24, 2.45) is 0 Å². The summed E-state index contributed by atoms with van der Waals surface area (Å²) in [7, 11) is 0. The normalized spacial score (nSPS) is 13.9. The van der Waals surface area contributed by atoms with Gasteiger partial charge in [0.1, 0.15) is 0 Å². The van der Waals surface area contributed by atoms with Crippen LogP contribution in [0.5, 0.6) is 0 Å². The Balaban J connectivity index is 2.59. The minimum atomic E-state index is -0.287. The molecule has 0 aliphatic carbocycles. The summed E-state index contributed by atoms with van der Waals surface area (Å²) in [5.41, 5.74) is 2.21. The first-order valence-corrected chi connectivity index (χ1v) is 5.65. The van der Waals surface area contributed by atoms with E-state index in [9.17, 15) is 5.11 Å². The minimum Gasteiger partial charge on any atom is -0.389 e. The molecular weight excluding hydrogens is 184 g/mol. The number of unbranched alkanes of at least 4 members (excludes halogenated alkanes) is 1. The molecular formula is C14H20O. The smallest absolute Gasteiger partial charge is 0.0750 e. The Morgan fingerprint density at radius 2 is 2.00 bits per heavy atom. The molecule has 15 heavy (non-hydrogen) atoms. The number of rotatable bonds is 5. The summed E-state index contributed by atoms with van der Waals surface area (Å²) >= 11 is 0. The van der Waals surface area contributed by atoms with Crippen molar-refractivity contribution in [3.05, 3.63) is 41.5 Å². The lowest BCUT2D eigenvalue weighted by atomic mass is 10.0.